The van der Waals surface area contributed by atoms with E-state index in [1.807, 2.05) is 47.2 Å². The molecule has 4 rings (SSSR count). The summed E-state index contributed by atoms with van der Waals surface area (Å²) in [5.41, 5.74) is 3.00. The number of likely N-dealkylation sites (tertiary alicyclic amines) is 1. The predicted octanol–water partition coefficient (Wildman–Crippen LogP) is 3.65. The molecule has 1 unspecified atom stereocenters. The Morgan fingerprint density at radius 3 is 2.78 bits per heavy atom. The maximum absolute atomic E-state index is 13.3. The molecule has 0 bridgehead atoms. The summed E-state index contributed by atoms with van der Waals surface area (Å²) >= 11 is 0. The molecule has 3 aromatic rings. The Hall–Kier alpha value is -2.73. The average Bonchev–Trinajstić information content (AvgIpc) is 3.11. The topological polar surface area (TPSA) is 58.4 Å². The standard InChI is InChI=1S/C21H22FN3O2/c1-14(26)15-3-2-4-19(12-15)25-10-5-16-11-17(13-23-20(16)25)21(27)24-8-6-18(22)7-9-24/h2-5,10-14,18,26H,6-9H2,1H3. The van der Waals surface area contributed by atoms with Crippen molar-refractivity contribution in [3.63, 3.8) is 0 Å². The summed E-state index contributed by atoms with van der Waals surface area (Å²) in [7, 11) is 0. The third kappa shape index (κ3) is 3.45. The summed E-state index contributed by atoms with van der Waals surface area (Å²) in [6.45, 7) is 2.63. The number of benzene rings is 1. The molecule has 1 atom stereocenters. The van der Waals surface area contributed by atoms with Gasteiger partial charge in [0.25, 0.3) is 5.91 Å². The van der Waals surface area contributed by atoms with Crippen molar-refractivity contribution in [1.82, 2.24) is 14.5 Å². The van der Waals surface area contributed by atoms with Gasteiger partial charge in [0.05, 0.1) is 11.7 Å². The maximum Gasteiger partial charge on any atom is 0.255 e. The van der Waals surface area contributed by atoms with Gasteiger partial charge < -0.3 is 14.6 Å². The highest BCUT2D eigenvalue weighted by atomic mass is 19.1. The quantitative estimate of drug-likeness (QED) is 0.769. The van der Waals surface area contributed by atoms with Crippen LogP contribution in [0.2, 0.25) is 0 Å². The van der Waals surface area contributed by atoms with Crippen LogP contribution < -0.4 is 0 Å². The van der Waals surface area contributed by atoms with Gasteiger partial charge in [0.1, 0.15) is 11.8 Å². The minimum Gasteiger partial charge on any atom is -0.389 e. The zero-order valence-electron chi connectivity index (χ0n) is 15.2. The molecular weight excluding hydrogens is 345 g/mol. The van der Waals surface area contributed by atoms with Crippen LogP contribution in [0.15, 0.2) is 48.8 Å². The number of aliphatic hydroxyl groups is 1. The molecule has 2 aromatic heterocycles. The molecule has 1 fully saturated rings. The Morgan fingerprint density at radius 2 is 2.04 bits per heavy atom. The molecule has 0 spiro atoms. The van der Waals surface area contributed by atoms with Gasteiger partial charge in [-0.1, -0.05) is 12.1 Å². The van der Waals surface area contributed by atoms with Crippen molar-refractivity contribution < 1.29 is 14.3 Å². The highest BCUT2D eigenvalue weighted by Gasteiger charge is 2.23. The number of carbonyl (C=O) groups excluding carboxylic acids is 1. The van der Waals surface area contributed by atoms with E-state index in [1.54, 1.807) is 18.0 Å². The van der Waals surface area contributed by atoms with Gasteiger partial charge in [0.15, 0.2) is 0 Å². The lowest BCUT2D eigenvalue weighted by molar-refractivity contribution is 0.0666. The Bertz CT molecular complexity index is 974. The number of carbonyl (C=O) groups is 1. The van der Waals surface area contributed by atoms with E-state index >= 15 is 0 Å². The summed E-state index contributed by atoms with van der Waals surface area (Å²) in [5.74, 6) is -0.0971. The van der Waals surface area contributed by atoms with Crippen LogP contribution in [0.25, 0.3) is 16.7 Å². The minimum atomic E-state index is -0.805. The van der Waals surface area contributed by atoms with Gasteiger partial charge in [-0.05, 0) is 49.6 Å². The number of pyridine rings is 1. The number of nitrogens with zero attached hydrogens (tertiary/aromatic N) is 3. The van der Waals surface area contributed by atoms with E-state index in [1.165, 1.54) is 0 Å². The van der Waals surface area contributed by atoms with Crippen LogP contribution in [0.1, 0.15) is 41.8 Å². The lowest BCUT2D eigenvalue weighted by Gasteiger charge is -2.28. The number of halogens is 1. The average molecular weight is 367 g/mol. The fraction of sp³-hybridized carbons (Fsp3) is 0.333. The van der Waals surface area contributed by atoms with Crippen molar-refractivity contribution in [3.05, 3.63) is 59.9 Å². The second-order valence-corrected chi connectivity index (χ2v) is 7.06. The van der Waals surface area contributed by atoms with Crippen LogP contribution in [0.4, 0.5) is 4.39 Å². The molecule has 3 heterocycles. The molecule has 5 nitrogen and oxygen atoms in total. The number of piperidine rings is 1. The van der Waals surface area contributed by atoms with Gasteiger partial charge in [-0.3, -0.25) is 4.79 Å². The Kier molecular flexibility index (Phi) is 4.66. The number of hydrogen-bond donors (Lipinski definition) is 1. The van der Waals surface area contributed by atoms with Crippen LogP contribution in [0.3, 0.4) is 0 Å². The van der Waals surface area contributed by atoms with E-state index in [-0.39, 0.29) is 5.91 Å². The first-order chi connectivity index (χ1) is 13.0. The summed E-state index contributed by atoms with van der Waals surface area (Å²) in [6, 6.07) is 11.4. The van der Waals surface area contributed by atoms with E-state index in [4.69, 9.17) is 0 Å². The molecule has 27 heavy (non-hydrogen) atoms. The van der Waals surface area contributed by atoms with Gasteiger partial charge in [-0.15, -0.1) is 0 Å². The van der Waals surface area contributed by atoms with E-state index in [0.29, 0.717) is 31.5 Å². The van der Waals surface area contributed by atoms with Crippen LogP contribution in [0.5, 0.6) is 0 Å². The van der Waals surface area contributed by atoms with Crippen LogP contribution in [-0.2, 0) is 0 Å². The molecule has 1 N–H and O–H groups in total. The SMILES string of the molecule is CC(O)c1cccc(-n2ccc3cc(C(=O)N4CCC(F)CC4)cnc32)c1. The normalized spacial score (nSPS) is 16.6. The number of aromatic nitrogens is 2. The summed E-state index contributed by atoms with van der Waals surface area (Å²) < 4.78 is 15.2. The third-order valence-electron chi connectivity index (χ3n) is 5.12. The van der Waals surface area contributed by atoms with Crippen molar-refractivity contribution in [2.45, 2.75) is 32.0 Å². The molecule has 140 valence electrons. The molecule has 1 amide bonds. The van der Waals surface area contributed by atoms with E-state index in [2.05, 4.69) is 4.98 Å². The Balaban J connectivity index is 1.64. The first-order valence-electron chi connectivity index (χ1n) is 9.22. The maximum atomic E-state index is 13.3. The fourth-order valence-corrected chi connectivity index (χ4v) is 3.52. The highest BCUT2D eigenvalue weighted by Crippen LogP contribution is 2.23. The molecule has 1 aromatic carbocycles. The number of fused-ring (bicyclic) bond motifs is 1. The lowest BCUT2D eigenvalue weighted by atomic mass is 10.1. The molecule has 0 aliphatic carbocycles. The molecule has 1 aliphatic rings. The second kappa shape index (κ2) is 7.12. The fourth-order valence-electron chi connectivity index (χ4n) is 3.52. The van der Waals surface area contributed by atoms with Gasteiger partial charge in [-0.2, -0.15) is 0 Å². The number of aliphatic hydroxyl groups excluding tert-OH is 1. The molecule has 0 radical (unpaired) electrons. The summed E-state index contributed by atoms with van der Waals surface area (Å²) in [5, 5.41) is 10.7. The second-order valence-electron chi connectivity index (χ2n) is 7.06. The third-order valence-corrected chi connectivity index (χ3v) is 5.12. The number of hydrogen-bond acceptors (Lipinski definition) is 3. The largest absolute Gasteiger partial charge is 0.389 e. The number of rotatable bonds is 3. The first-order valence-corrected chi connectivity index (χ1v) is 9.22. The van der Waals surface area contributed by atoms with E-state index < -0.39 is 12.3 Å². The van der Waals surface area contributed by atoms with Crippen LogP contribution in [0, 0.1) is 0 Å². The van der Waals surface area contributed by atoms with E-state index in [0.717, 1.165) is 22.3 Å². The van der Waals surface area contributed by atoms with Gasteiger partial charge in [0.2, 0.25) is 0 Å². The highest BCUT2D eigenvalue weighted by molar-refractivity contribution is 5.97. The Morgan fingerprint density at radius 1 is 1.26 bits per heavy atom. The van der Waals surface area contributed by atoms with Crippen molar-refractivity contribution >= 4 is 16.9 Å². The van der Waals surface area contributed by atoms with Gasteiger partial charge >= 0.3 is 0 Å². The number of amides is 1. The molecule has 1 aliphatic heterocycles. The zero-order chi connectivity index (χ0) is 19.0. The lowest BCUT2D eigenvalue weighted by Crippen LogP contribution is -2.39. The van der Waals surface area contributed by atoms with Crippen molar-refractivity contribution in [2.75, 3.05) is 13.1 Å². The molecule has 6 heteroatoms. The Labute approximate surface area is 157 Å². The van der Waals surface area contributed by atoms with Crippen LogP contribution >= 0.6 is 0 Å². The minimum absolute atomic E-state index is 0.0971. The smallest absolute Gasteiger partial charge is 0.255 e. The number of alkyl halides is 1. The van der Waals surface area contributed by atoms with Gasteiger partial charge in [-0.25, -0.2) is 9.37 Å². The molecular formula is C21H22FN3O2. The van der Waals surface area contributed by atoms with Crippen molar-refractivity contribution in [3.8, 4) is 5.69 Å². The van der Waals surface area contributed by atoms with Gasteiger partial charge in [0, 0.05) is 36.6 Å². The monoisotopic (exact) mass is 367 g/mol. The van der Waals surface area contributed by atoms with Crippen molar-refractivity contribution in [2.24, 2.45) is 0 Å². The zero-order valence-corrected chi connectivity index (χ0v) is 15.2. The predicted molar refractivity (Wildman–Crippen MR) is 102 cm³/mol. The van der Waals surface area contributed by atoms with Crippen molar-refractivity contribution in [1.29, 1.82) is 0 Å². The van der Waals surface area contributed by atoms with Crippen LogP contribution in [-0.4, -0.2) is 44.7 Å². The summed E-state index contributed by atoms with van der Waals surface area (Å²) in [4.78, 5) is 18.9. The molecule has 1 saturated heterocycles. The summed E-state index contributed by atoms with van der Waals surface area (Å²) in [6.07, 6.45) is 2.94. The molecule has 0 saturated carbocycles. The van der Waals surface area contributed by atoms with E-state index in [9.17, 15) is 14.3 Å². The first kappa shape index (κ1) is 17.7.